The average Bonchev–Trinajstić information content (AvgIpc) is 2.50. The van der Waals surface area contributed by atoms with E-state index in [1.54, 1.807) is 36.4 Å². The van der Waals surface area contributed by atoms with Crippen LogP contribution in [0.2, 0.25) is 0 Å². The van der Waals surface area contributed by atoms with Crippen LogP contribution < -0.4 is 15.8 Å². The second-order valence-electron chi connectivity index (χ2n) is 4.65. The van der Waals surface area contributed by atoms with E-state index in [1.165, 1.54) is 6.20 Å². The zero-order chi connectivity index (χ0) is 15.1. The molecule has 0 aliphatic rings. The molecule has 1 heterocycles. The predicted octanol–water partition coefficient (Wildman–Crippen LogP) is 3.10. The summed E-state index contributed by atoms with van der Waals surface area (Å²) in [7, 11) is 0. The number of hydrogen-bond acceptors (Lipinski definition) is 4. The Morgan fingerprint density at radius 3 is 2.62 bits per heavy atom. The van der Waals surface area contributed by atoms with Crippen molar-refractivity contribution in [2.75, 3.05) is 17.7 Å². The molecule has 0 fully saturated rings. The van der Waals surface area contributed by atoms with Crippen molar-refractivity contribution in [3.63, 3.8) is 0 Å². The van der Waals surface area contributed by atoms with Crippen molar-refractivity contribution in [3.8, 4) is 5.75 Å². The number of aromatic nitrogens is 1. The van der Waals surface area contributed by atoms with Gasteiger partial charge in [0, 0.05) is 5.56 Å². The van der Waals surface area contributed by atoms with Crippen LogP contribution in [0.1, 0.15) is 30.1 Å². The lowest BCUT2D eigenvalue weighted by molar-refractivity contribution is 0.102. The Bertz CT molecular complexity index is 579. The second-order valence-corrected chi connectivity index (χ2v) is 4.65. The highest BCUT2D eigenvalue weighted by molar-refractivity contribution is 6.04. The van der Waals surface area contributed by atoms with Crippen LogP contribution in [-0.2, 0) is 0 Å². The Morgan fingerprint density at radius 1 is 1.24 bits per heavy atom. The van der Waals surface area contributed by atoms with Gasteiger partial charge in [-0.3, -0.25) is 4.79 Å². The zero-order valence-corrected chi connectivity index (χ0v) is 12.0. The molecular formula is C16H19N3O2. The van der Waals surface area contributed by atoms with Crippen molar-refractivity contribution in [1.29, 1.82) is 0 Å². The first-order valence-corrected chi connectivity index (χ1v) is 6.95. The summed E-state index contributed by atoms with van der Waals surface area (Å²) in [5, 5.41) is 2.76. The van der Waals surface area contributed by atoms with E-state index in [9.17, 15) is 4.79 Å². The second kappa shape index (κ2) is 7.28. The summed E-state index contributed by atoms with van der Waals surface area (Å²) in [6.45, 7) is 2.81. The molecule has 1 aromatic heterocycles. The van der Waals surface area contributed by atoms with Gasteiger partial charge in [0.25, 0.3) is 5.91 Å². The van der Waals surface area contributed by atoms with Crippen molar-refractivity contribution in [2.45, 2.75) is 19.8 Å². The maximum atomic E-state index is 12.1. The number of benzene rings is 1. The minimum atomic E-state index is -0.193. The van der Waals surface area contributed by atoms with E-state index in [0.29, 0.717) is 23.7 Å². The van der Waals surface area contributed by atoms with E-state index in [2.05, 4.69) is 17.2 Å². The van der Waals surface area contributed by atoms with E-state index in [4.69, 9.17) is 10.5 Å². The van der Waals surface area contributed by atoms with Crippen LogP contribution in [0, 0.1) is 0 Å². The number of ether oxygens (including phenoxy) is 1. The molecule has 0 radical (unpaired) electrons. The first-order valence-electron chi connectivity index (χ1n) is 6.95. The maximum Gasteiger partial charge on any atom is 0.255 e. The Morgan fingerprint density at radius 2 is 2.00 bits per heavy atom. The lowest BCUT2D eigenvalue weighted by Crippen LogP contribution is -2.12. The monoisotopic (exact) mass is 285 g/mol. The van der Waals surface area contributed by atoms with Crippen molar-refractivity contribution >= 4 is 17.4 Å². The third-order valence-electron chi connectivity index (χ3n) is 2.93. The summed E-state index contributed by atoms with van der Waals surface area (Å²) in [5.74, 6) is 0.998. The molecule has 0 aliphatic carbocycles. The summed E-state index contributed by atoms with van der Waals surface area (Å²) in [4.78, 5) is 16.0. The van der Waals surface area contributed by atoms with Crippen LogP contribution in [0.4, 0.5) is 11.5 Å². The maximum absolute atomic E-state index is 12.1. The van der Waals surface area contributed by atoms with E-state index < -0.39 is 0 Å². The van der Waals surface area contributed by atoms with Gasteiger partial charge >= 0.3 is 0 Å². The summed E-state index contributed by atoms with van der Waals surface area (Å²) in [6, 6.07) is 10.4. The zero-order valence-electron chi connectivity index (χ0n) is 12.0. The van der Waals surface area contributed by atoms with Crippen LogP contribution >= 0.6 is 0 Å². The number of anilines is 2. The number of pyridine rings is 1. The smallest absolute Gasteiger partial charge is 0.255 e. The Kier molecular flexibility index (Phi) is 5.15. The van der Waals surface area contributed by atoms with Crippen LogP contribution in [0.25, 0.3) is 0 Å². The fourth-order valence-corrected chi connectivity index (χ4v) is 1.72. The molecule has 2 aromatic rings. The van der Waals surface area contributed by atoms with Crippen molar-refractivity contribution < 1.29 is 9.53 Å². The quantitative estimate of drug-likeness (QED) is 0.799. The fourth-order valence-electron chi connectivity index (χ4n) is 1.72. The molecule has 0 unspecified atom stereocenters. The van der Waals surface area contributed by atoms with E-state index in [0.717, 1.165) is 18.6 Å². The topological polar surface area (TPSA) is 77.2 Å². The van der Waals surface area contributed by atoms with Crippen molar-refractivity contribution in [3.05, 3.63) is 48.2 Å². The number of nitrogens with two attached hydrogens (primary N) is 1. The number of nitrogens with zero attached hydrogens (tertiary/aromatic N) is 1. The van der Waals surface area contributed by atoms with Gasteiger partial charge in [-0.1, -0.05) is 13.3 Å². The van der Waals surface area contributed by atoms with Crippen LogP contribution in [0.5, 0.6) is 5.75 Å². The van der Waals surface area contributed by atoms with Crippen LogP contribution in [0.3, 0.4) is 0 Å². The molecule has 0 spiro atoms. The molecule has 0 saturated carbocycles. The molecule has 0 atom stereocenters. The van der Waals surface area contributed by atoms with Gasteiger partial charge in [0.2, 0.25) is 0 Å². The minimum absolute atomic E-state index is 0.193. The molecule has 5 nitrogen and oxygen atoms in total. The number of nitrogens with one attached hydrogen (secondary N) is 1. The molecule has 3 N–H and O–H groups in total. The molecule has 0 bridgehead atoms. The van der Waals surface area contributed by atoms with Crippen molar-refractivity contribution in [2.24, 2.45) is 0 Å². The molecule has 0 saturated heterocycles. The van der Waals surface area contributed by atoms with Crippen molar-refractivity contribution in [1.82, 2.24) is 4.98 Å². The predicted molar refractivity (Wildman–Crippen MR) is 83.4 cm³/mol. The number of rotatable bonds is 6. The van der Waals surface area contributed by atoms with E-state index in [-0.39, 0.29) is 5.91 Å². The molecule has 1 aromatic carbocycles. The number of carbonyl (C=O) groups is 1. The SMILES string of the molecule is CCCCOc1ccc(C(=O)Nc2ccc(N)nc2)cc1. The summed E-state index contributed by atoms with van der Waals surface area (Å²) < 4.78 is 5.56. The number of nitrogen functional groups attached to an aromatic ring is 1. The molecule has 21 heavy (non-hydrogen) atoms. The van der Waals surface area contributed by atoms with Gasteiger partial charge in [0.15, 0.2) is 0 Å². The highest BCUT2D eigenvalue weighted by Gasteiger charge is 2.06. The number of carbonyl (C=O) groups excluding carboxylic acids is 1. The first kappa shape index (κ1) is 14.8. The van der Waals surface area contributed by atoms with Crippen LogP contribution in [-0.4, -0.2) is 17.5 Å². The molecule has 5 heteroatoms. The average molecular weight is 285 g/mol. The first-order chi connectivity index (χ1) is 10.2. The van der Waals surface area contributed by atoms with Gasteiger partial charge in [-0.25, -0.2) is 4.98 Å². The lowest BCUT2D eigenvalue weighted by atomic mass is 10.2. The summed E-state index contributed by atoms with van der Waals surface area (Å²) in [5.41, 5.74) is 6.67. The summed E-state index contributed by atoms with van der Waals surface area (Å²) in [6.07, 6.45) is 3.64. The number of hydrogen-bond donors (Lipinski definition) is 2. The highest BCUT2D eigenvalue weighted by atomic mass is 16.5. The van der Waals surface area contributed by atoms with Crippen LogP contribution in [0.15, 0.2) is 42.6 Å². The molecular weight excluding hydrogens is 266 g/mol. The Balaban J connectivity index is 1.94. The summed E-state index contributed by atoms with van der Waals surface area (Å²) >= 11 is 0. The van der Waals surface area contributed by atoms with Gasteiger partial charge in [-0.2, -0.15) is 0 Å². The van der Waals surface area contributed by atoms with E-state index >= 15 is 0 Å². The van der Waals surface area contributed by atoms with Gasteiger partial charge in [-0.15, -0.1) is 0 Å². The highest BCUT2D eigenvalue weighted by Crippen LogP contribution is 2.14. The Hall–Kier alpha value is -2.56. The van der Waals surface area contributed by atoms with Gasteiger partial charge < -0.3 is 15.8 Å². The standard InChI is InChI=1S/C16H19N3O2/c1-2-3-10-21-14-7-4-12(5-8-14)16(20)19-13-6-9-15(17)18-11-13/h4-9,11H,2-3,10H2,1H3,(H2,17,18)(H,19,20). The normalized spacial score (nSPS) is 10.1. The molecule has 2 rings (SSSR count). The third kappa shape index (κ3) is 4.49. The lowest BCUT2D eigenvalue weighted by Gasteiger charge is -2.07. The van der Waals surface area contributed by atoms with Gasteiger partial charge in [-0.05, 0) is 42.8 Å². The largest absolute Gasteiger partial charge is 0.494 e. The Labute approximate surface area is 124 Å². The number of unbranched alkanes of at least 4 members (excludes halogenated alkanes) is 1. The molecule has 110 valence electrons. The van der Waals surface area contributed by atoms with Gasteiger partial charge in [0.1, 0.15) is 11.6 Å². The van der Waals surface area contributed by atoms with E-state index in [1.807, 2.05) is 0 Å². The minimum Gasteiger partial charge on any atom is -0.494 e. The molecule has 0 aliphatic heterocycles. The third-order valence-corrected chi connectivity index (χ3v) is 2.93. The molecule has 1 amide bonds. The fraction of sp³-hybridized carbons (Fsp3) is 0.250. The van der Waals surface area contributed by atoms with Gasteiger partial charge in [0.05, 0.1) is 18.5 Å². The number of amides is 1.